The largest absolute Gasteiger partial charge is 0.437 e. The molecular formula is C19H12F3N3O. The first-order chi connectivity index (χ1) is 12.4. The van der Waals surface area contributed by atoms with E-state index in [-0.39, 0.29) is 22.9 Å². The average Bonchev–Trinajstić information content (AvgIpc) is 2.62. The van der Waals surface area contributed by atoms with E-state index < -0.39 is 11.7 Å². The first kappa shape index (κ1) is 17.4. The van der Waals surface area contributed by atoms with E-state index in [4.69, 9.17) is 4.74 Å². The first-order valence-electron chi connectivity index (χ1n) is 7.56. The summed E-state index contributed by atoms with van der Waals surface area (Å²) in [7, 11) is 0. The van der Waals surface area contributed by atoms with Crippen LogP contribution in [-0.4, -0.2) is 9.97 Å². The van der Waals surface area contributed by atoms with Gasteiger partial charge in [-0.25, -0.2) is 9.37 Å². The minimum Gasteiger partial charge on any atom is -0.437 e. The summed E-state index contributed by atoms with van der Waals surface area (Å²) in [5.74, 6) is -3.42. The Morgan fingerprint density at radius 2 is 1.81 bits per heavy atom. The van der Waals surface area contributed by atoms with Crippen LogP contribution in [0.3, 0.4) is 0 Å². The predicted molar refractivity (Wildman–Crippen MR) is 88.2 cm³/mol. The summed E-state index contributed by atoms with van der Waals surface area (Å²) >= 11 is 0. The van der Waals surface area contributed by atoms with Gasteiger partial charge in [0.15, 0.2) is 0 Å². The van der Waals surface area contributed by atoms with Crippen molar-refractivity contribution in [3.05, 3.63) is 71.9 Å². The molecule has 0 bridgehead atoms. The second kappa shape index (κ2) is 6.84. The molecule has 3 rings (SSSR count). The summed E-state index contributed by atoms with van der Waals surface area (Å²) in [6.07, 6.45) is 2.62. The van der Waals surface area contributed by atoms with E-state index in [1.165, 1.54) is 24.4 Å². The number of benzene rings is 1. The third kappa shape index (κ3) is 3.49. The van der Waals surface area contributed by atoms with Crippen molar-refractivity contribution in [2.45, 2.75) is 12.8 Å². The summed E-state index contributed by atoms with van der Waals surface area (Å²) in [6.45, 7) is 0.750. The molecule has 26 heavy (non-hydrogen) atoms. The molecule has 1 aromatic carbocycles. The van der Waals surface area contributed by atoms with E-state index in [0.717, 1.165) is 19.2 Å². The fourth-order valence-electron chi connectivity index (χ4n) is 2.35. The lowest BCUT2D eigenvalue weighted by atomic mass is 10.0. The SMILES string of the molecule is CC(F)(F)c1ccc(Oc2ncccc2-c2cccc(F)c2C#N)cn1. The predicted octanol–water partition coefficient (Wildman–Crippen LogP) is 5.06. The Kier molecular flexibility index (Phi) is 4.59. The van der Waals surface area contributed by atoms with Crippen LogP contribution >= 0.6 is 0 Å². The number of halogens is 3. The lowest BCUT2D eigenvalue weighted by Gasteiger charge is -2.12. The number of rotatable bonds is 4. The molecule has 4 nitrogen and oxygen atoms in total. The zero-order valence-electron chi connectivity index (χ0n) is 13.6. The van der Waals surface area contributed by atoms with Crippen molar-refractivity contribution in [2.24, 2.45) is 0 Å². The van der Waals surface area contributed by atoms with Gasteiger partial charge >= 0.3 is 0 Å². The highest BCUT2D eigenvalue weighted by molar-refractivity contribution is 5.74. The quantitative estimate of drug-likeness (QED) is 0.656. The summed E-state index contributed by atoms with van der Waals surface area (Å²) in [4.78, 5) is 7.78. The molecule has 0 saturated heterocycles. The highest BCUT2D eigenvalue weighted by Gasteiger charge is 2.26. The van der Waals surface area contributed by atoms with Crippen molar-refractivity contribution < 1.29 is 17.9 Å². The normalized spacial score (nSPS) is 11.0. The van der Waals surface area contributed by atoms with Gasteiger partial charge in [0.05, 0.1) is 11.8 Å². The van der Waals surface area contributed by atoms with Crippen LogP contribution in [0, 0.1) is 17.1 Å². The highest BCUT2D eigenvalue weighted by Crippen LogP contribution is 2.34. The van der Waals surface area contributed by atoms with E-state index in [1.54, 1.807) is 18.2 Å². The Morgan fingerprint density at radius 1 is 1.04 bits per heavy atom. The monoisotopic (exact) mass is 355 g/mol. The maximum Gasteiger partial charge on any atom is 0.286 e. The molecule has 0 radical (unpaired) electrons. The molecule has 130 valence electrons. The van der Waals surface area contributed by atoms with Gasteiger partial charge in [0, 0.05) is 24.2 Å². The van der Waals surface area contributed by atoms with Crippen LogP contribution in [0.15, 0.2) is 54.9 Å². The van der Waals surface area contributed by atoms with Crippen molar-refractivity contribution in [1.29, 1.82) is 5.26 Å². The van der Waals surface area contributed by atoms with Gasteiger partial charge in [0.1, 0.15) is 23.3 Å². The molecule has 0 spiro atoms. The zero-order valence-corrected chi connectivity index (χ0v) is 13.6. The molecule has 2 heterocycles. The Morgan fingerprint density at radius 3 is 2.46 bits per heavy atom. The van der Waals surface area contributed by atoms with Gasteiger partial charge in [-0.05, 0) is 30.3 Å². The minimum absolute atomic E-state index is 0.104. The van der Waals surface area contributed by atoms with Crippen LogP contribution in [0.5, 0.6) is 11.6 Å². The van der Waals surface area contributed by atoms with Gasteiger partial charge in [-0.1, -0.05) is 12.1 Å². The fraction of sp³-hybridized carbons (Fsp3) is 0.105. The molecule has 0 amide bonds. The number of pyridine rings is 2. The van der Waals surface area contributed by atoms with E-state index >= 15 is 0 Å². The van der Waals surface area contributed by atoms with E-state index in [2.05, 4.69) is 9.97 Å². The molecule has 0 atom stereocenters. The van der Waals surface area contributed by atoms with Crippen molar-refractivity contribution in [1.82, 2.24) is 9.97 Å². The van der Waals surface area contributed by atoms with Gasteiger partial charge in [0.25, 0.3) is 5.92 Å². The number of aromatic nitrogens is 2. The van der Waals surface area contributed by atoms with Crippen LogP contribution in [-0.2, 0) is 5.92 Å². The molecule has 0 aliphatic carbocycles. The summed E-state index contributed by atoms with van der Waals surface area (Å²) in [6, 6.07) is 11.8. The van der Waals surface area contributed by atoms with E-state index in [9.17, 15) is 18.4 Å². The van der Waals surface area contributed by atoms with Crippen molar-refractivity contribution >= 4 is 0 Å². The van der Waals surface area contributed by atoms with Crippen LogP contribution in [0.4, 0.5) is 13.2 Å². The van der Waals surface area contributed by atoms with Crippen molar-refractivity contribution in [3.63, 3.8) is 0 Å². The lowest BCUT2D eigenvalue weighted by Crippen LogP contribution is -2.09. The Bertz CT molecular complexity index is 977. The van der Waals surface area contributed by atoms with Gasteiger partial charge < -0.3 is 4.74 Å². The fourth-order valence-corrected chi connectivity index (χ4v) is 2.35. The zero-order chi connectivity index (χ0) is 18.7. The summed E-state index contributed by atoms with van der Waals surface area (Å²) < 4.78 is 46.0. The number of hydrogen-bond acceptors (Lipinski definition) is 4. The lowest BCUT2D eigenvalue weighted by molar-refractivity contribution is 0.0127. The number of nitriles is 1. The number of hydrogen-bond donors (Lipinski definition) is 0. The maximum absolute atomic E-state index is 13.9. The third-order valence-electron chi connectivity index (χ3n) is 3.59. The second-order valence-corrected chi connectivity index (χ2v) is 5.50. The Labute approximate surface area is 147 Å². The van der Waals surface area contributed by atoms with Crippen LogP contribution in [0.2, 0.25) is 0 Å². The first-order valence-corrected chi connectivity index (χ1v) is 7.56. The van der Waals surface area contributed by atoms with E-state index in [0.29, 0.717) is 11.1 Å². The third-order valence-corrected chi connectivity index (χ3v) is 3.59. The van der Waals surface area contributed by atoms with Gasteiger partial charge in [-0.3, -0.25) is 4.98 Å². The molecule has 0 N–H and O–H groups in total. The maximum atomic E-state index is 13.9. The Hall–Kier alpha value is -3.40. The summed E-state index contributed by atoms with van der Waals surface area (Å²) in [5, 5.41) is 9.22. The molecule has 7 heteroatoms. The molecule has 0 fully saturated rings. The minimum atomic E-state index is -3.06. The average molecular weight is 355 g/mol. The molecular weight excluding hydrogens is 343 g/mol. The van der Waals surface area contributed by atoms with Gasteiger partial charge in [-0.15, -0.1) is 0 Å². The molecule has 2 aromatic heterocycles. The molecule has 3 aromatic rings. The van der Waals surface area contributed by atoms with Crippen molar-refractivity contribution in [2.75, 3.05) is 0 Å². The van der Waals surface area contributed by atoms with Crippen LogP contribution < -0.4 is 4.74 Å². The van der Waals surface area contributed by atoms with Crippen molar-refractivity contribution in [3.8, 4) is 28.8 Å². The Balaban J connectivity index is 1.99. The second-order valence-electron chi connectivity index (χ2n) is 5.50. The number of ether oxygens (including phenoxy) is 1. The highest BCUT2D eigenvalue weighted by atomic mass is 19.3. The molecule has 0 aliphatic heterocycles. The van der Waals surface area contributed by atoms with Crippen LogP contribution in [0.1, 0.15) is 18.2 Å². The van der Waals surface area contributed by atoms with Gasteiger partial charge in [-0.2, -0.15) is 14.0 Å². The molecule has 0 saturated carbocycles. The molecule has 0 unspecified atom stereocenters. The smallest absolute Gasteiger partial charge is 0.286 e. The number of alkyl halides is 2. The molecule has 0 aliphatic rings. The standard InChI is InChI=1S/C19H12F3N3O/c1-19(21,22)17-8-7-12(11-25-17)26-18-14(5-3-9-24-18)13-4-2-6-16(20)15(13)10-23/h2-9,11H,1H3. The van der Waals surface area contributed by atoms with Crippen LogP contribution in [0.25, 0.3) is 11.1 Å². The van der Waals surface area contributed by atoms with E-state index in [1.807, 2.05) is 6.07 Å². The summed E-state index contributed by atoms with van der Waals surface area (Å²) in [5.41, 5.74) is 0.196. The number of nitrogens with zero attached hydrogens (tertiary/aromatic N) is 3. The van der Waals surface area contributed by atoms with Gasteiger partial charge in [0.2, 0.25) is 5.88 Å². The topological polar surface area (TPSA) is 58.8 Å².